The van der Waals surface area contributed by atoms with Gasteiger partial charge in [-0.3, -0.25) is 9.59 Å². The number of hydrogen-bond donors (Lipinski definition) is 2. The van der Waals surface area contributed by atoms with Gasteiger partial charge in [-0.1, -0.05) is 0 Å². The summed E-state index contributed by atoms with van der Waals surface area (Å²) in [5.41, 5.74) is 4.88. The molecule has 6 nitrogen and oxygen atoms in total. The van der Waals surface area contributed by atoms with Gasteiger partial charge in [0.2, 0.25) is 11.8 Å². The summed E-state index contributed by atoms with van der Waals surface area (Å²) in [6, 6.07) is 0. The zero-order valence-corrected chi connectivity index (χ0v) is 8.25. The minimum absolute atomic E-state index is 0.0257. The van der Waals surface area contributed by atoms with Gasteiger partial charge in [0, 0.05) is 20.1 Å². The van der Waals surface area contributed by atoms with Crippen molar-refractivity contribution >= 4 is 11.8 Å². The van der Waals surface area contributed by atoms with Gasteiger partial charge >= 0.3 is 0 Å². The Morgan fingerprint density at radius 3 is 2.64 bits per heavy atom. The van der Waals surface area contributed by atoms with Gasteiger partial charge in [0.25, 0.3) is 0 Å². The molecule has 0 aliphatic rings. The van der Waals surface area contributed by atoms with Crippen LogP contribution in [0.25, 0.3) is 0 Å². The van der Waals surface area contributed by atoms with Crippen LogP contribution >= 0.6 is 0 Å². The standard InChI is InChI=1S/C8H16N2O4/c1-13-4-5-14-6-8(12)10-3-2-7(9)11/h2-6H2,1H3,(H2,9,11)(H,10,12). The van der Waals surface area contributed by atoms with E-state index in [1.165, 1.54) is 0 Å². The second-order valence-corrected chi connectivity index (χ2v) is 2.61. The molecule has 82 valence electrons. The van der Waals surface area contributed by atoms with Crippen LogP contribution in [0.1, 0.15) is 6.42 Å². The second kappa shape index (κ2) is 8.46. The van der Waals surface area contributed by atoms with Crippen LogP contribution in [-0.2, 0) is 19.1 Å². The van der Waals surface area contributed by atoms with Gasteiger partial charge in [0.1, 0.15) is 6.61 Å². The van der Waals surface area contributed by atoms with Crippen molar-refractivity contribution in [1.82, 2.24) is 5.32 Å². The highest BCUT2D eigenvalue weighted by molar-refractivity contribution is 5.78. The van der Waals surface area contributed by atoms with Crippen molar-refractivity contribution in [3.8, 4) is 0 Å². The van der Waals surface area contributed by atoms with Crippen LogP contribution in [0.15, 0.2) is 0 Å². The van der Waals surface area contributed by atoms with Gasteiger partial charge < -0.3 is 20.5 Å². The number of carbonyl (C=O) groups is 2. The van der Waals surface area contributed by atoms with Crippen molar-refractivity contribution in [2.45, 2.75) is 6.42 Å². The van der Waals surface area contributed by atoms with Crippen LogP contribution in [0.2, 0.25) is 0 Å². The maximum Gasteiger partial charge on any atom is 0.246 e. The first kappa shape index (κ1) is 12.9. The second-order valence-electron chi connectivity index (χ2n) is 2.61. The first-order valence-corrected chi connectivity index (χ1v) is 4.28. The van der Waals surface area contributed by atoms with Crippen LogP contribution in [0.3, 0.4) is 0 Å². The summed E-state index contributed by atoms with van der Waals surface area (Å²) in [7, 11) is 1.55. The monoisotopic (exact) mass is 204 g/mol. The van der Waals surface area contributed by atoms with E-state index in [9.17, 15) is 9.59 Å². The van der Waals surface area contributed by atoms with Gasteiger partial charge in [-0.25, -0.2) is 0 Å². The zero-order chi connectivity index (χ0) is 10.8. The van der Waals surface area contributed by atoms with Crippen molar-refractivity contribution < 1.29 is 19.1 Å². The highest BCUT2D eigenvalue weighted by Gasteiger charge is 2.01. The number of amides is 2. The number of rotatable bonds is 8. The number of nitrogens with one attached hydrogen (secondary N) is 1. The van der Waals surface area contributed by atoms with Crippen molar-refractivity contribution in [1.29, 1.82) is 0 Å². The molecule has 0 aromatic carbocycles. The molecular weight excluding hydrogens is 188 g/mol. The molecule has 0 saturated heterocycles. The Balaban J connectivity index is 3.24. The number of methoxy groups -OCH3 is 1. The number of carbonyl (C=O) groups excluding carboxylic acids is 2. The highest BCUT2D eigenvalue weighted by atomic mass is 16.5. The average Bonchev–Trinajstić information content (AvgIpc) is 2.12. The molecule has 0 spiro atoms. The first-order valence-electron chi connectivity index (χ1n) is 4.28. The largest absolute Gasteiger partial charge is 0.382 e. The first-order chi connectivity index (χ1) is 6.66. The summed E-state index contributed by atoms with van der Waals surface area (Å²) < 4.78 is 9.66. The lowest BCUT2D eigenvalue weighted by Gasteiger charge is -2.04. The number of hydrogen-bond acceptors (Lipinski definition) is 4. The Morgan fingerprint density at radius 2 is 2.07 bits per heavy atom. The van der Waals surface area contributed by atoms with Crippen LogP contribution in [0.5, 0.6) is 0 Å². The normalized spacial score (nSPS) is 9.79. The number of ether oxygens (including phenoxy) is 2. The SMILES string of the molecule is COCCOCC(=O)NCCC(N)=O. The quantitative estimate of drug-likeness (QED) is 0.478. The molecule has 0 atom stereocenters. The minimum Gasteiger partial charge on any atom is -0.382 e. The lowest BCUT2D eigenvalue weighted by molar-refractivity contribution is -0.126. The third-order valence-electron chi connectivity index (χ3n) is 1.36. The van der Waals surface area contributed by atoms with E-state index in [4.69, 9.17) is 15.2 Å². The lowest BCUT2D eigenvalue weighted by Crippen LogP contribution is -2.31. The molecule has 0 heterocycles. The van der Waals surface area contributed by atoms with Gasteiger partial charge in [0.15, 0.2) is 0 Å². The Hall–Kier alpha value is -1.14. The van der Waals surface area contributed by atoms with Crippen molar-refractivity contribution in [3.05, 3.63) is 0 Å². The highest BCUT2D eigenvalue weighted by Crippen LogP contribution is 1.78. The molecule has 0 radical (unpaired) electrons. The number of nitrogens with two attached hydrogens (primary N) is 1. The van der Waals surface area contributed by atoms with Crippen LogP contribution < -0.4 is 11.1 Å². The molecule has 0 fully saturated rings. The molecule has 3 N–H and O–H groups in total. The Bertz CT molecular complexity index is 184. The van der Waals surface area contributed by atoms with E-state index in [0.29, 0.717) is 13.2 Å². The number of primary amides is 1. The van der Waals surface area contributed by atoms with Crippen molar-refractivity contribution in [3.63, 3.8) is 0 Å². The Morgan fingerprint density at radius 1 is 1.36 bits per heavy atom. The van der Waals surface area contributed by atoms with E-state index >= 15 is 0 Å². The van der Waals surface area contributed by atoms with Gasteiger partial charge in [-0.2, -0.15) is 0 Å². The maximum absolute atomic E-state index is 11.0. The van der Waals surface area contributed by atoms with E-state index in [-0.39, 0.29) is 25.5 Å². The van der Waals surface area contributed by atoms with E-state index < -0.39 is 5.91 Å². The van der Waals surface area contributed by atoms with E-state index in [2.05, 4.69) is 5.32 Å². The molecule has 0 aliphatic heterocycles. The molecule has 2 amide bonds. The molecule has 14 heavy (non-hydrogen) atoms. The summed E-state index contributed by atoms with van der Waals surface area (Å²) in [6.07, 6.45) is 0.143. The van der Waals surface area contributed by atoms with E-state index in [0.717, 1.165) is 0 Å². The fourth-order valence-electron chi connectivity index (χ4n) is 0.683. The van der Waals surface area contributed by atoms with Gasteiger partial charge in [-0.15, -0.1) is 0 Å². The predicted molar refractivity (Wildman–Crippen MR) is 49.5 cm³/mol. The van der Waals surface area contributed by atoms with Gasteiger partial charge in [-0.05, 0) is 0 Å². The molecule has 0 aromatic heterocycles. The fourth-order valence-corrected chi connectivity index (χ4v) is 0.683. The van der Waals surface area contributed by atoms with Gasteiger partial charge in [0.05, 0.1) is 13.2 Å². The van der Waals surface area contributed by atoms with E-state index in [1.54, 1.807) is 7.11 Å². The van der Waals surface area contributed by atoms with E-state index in [1.807, 2.05) is 0 Å². The van der Waals surface area contributed by atoms with Crippen molar-refractivity contribution in [2.75, 3.05) is 33.5 Å². The topological polar surface area (TPSA) is 90.7 Å². The molecule has 6 heteroatoms. The summed E-state index contributed by atoms with van der Waals surface area (Å²) >= 11 is 0. The lowest BCUT2D eigenvalue weighted by atomic mass is 10.4. The van der Waals surface area contributed by atoms with Crippen LogP contribution in [0.4, 0.5) is 0 Å². The Kier molecular flexibility index (Phi) is 7.77. The van der Waals surface area contributed by atoms with Crippen LogP contribution in [-0.4, -0.2) is 45.3 Å². The Labute approximate surface area is 82.7 Å². The molecule has 0 bridgehead atoms. The minimum atomic E-state index is -0.439. The van der Waals surface area contributed by atoms with Crippen LogP contribution in [0, 0.1) is 0 Å². The summed E-state index contributed by atoms with van der Waals surface area (Å²) in [4.78, 5) is 21.3. The summed E-state index contributed by atoms with van der Waals surface area (Å²) in [5, 5.41) is 2.49. The summed E-state index contributed by atoms with van der Waals surface area (Å²) in [5.74, 6) is -0.701. The zero-order valence-electron chi connectivity index (χ0n) is 8.25. The molecule has 0 rings (SSSR count). The molecular formula is C8H16N2O4. The molecule has 0 aromatic rings. The predicted octanol–water partition coefficient (Wildman–Crippen LogP) is -1.36. The smallest absolute Gasteiger partial charge is 0.246 e. The third kappa shape index (κ3) is 8.95. The maximum atomic E-state index is 11.0. The fraction of sp³-hybridized carbons (Fsp3) is 0.750. The summed E-state index contributed by atoms with van der Waals surface area (Å²) in [6.45, 7) is 1.05. The molecule has 0 aliphatic carbocycles. The third-order valence-corrected chi connectivity index (χ3v) is 1.36. The molecule has 0 unspecified atom stereocenters. The van der Waals surface area contributed by atoms with Crippen molar-refractivity contribution in [2.24, 2.45) is 5.73 Å². The molecule has 0 saturated carbocycles. The average molecular weight is 204 g/mol.